The molecule has 1 aliphatic carbocycles. The smallest absolute Gasteiger partial charge is 0.416 e. The Morgan fingerprint density at radius 2 is 1.84 bits per heavy atom. The van der Waals surface area contributed by atoms with Gasteiger partial charge in [-0.2, -0.15) is 13.2 Å². The van der Waals surface area contributed by atoms with Crippen molar-refractivity contribution < 1.29 is 27.5 Å². The van der Waals surface area contributed by atoms with Gasteiger partial charge in [0.1, 0.15) is 11.3 Å². The number of alkyl halides is 3. The molecule has 1 fully saturated rings. The number of carboxylic acids is 1. The van der Waals surface area contributed by atoms with Crippen LogP contribution in [0.25, 0.3) is 22.3 Å². The summed E-state index contributed by atoms with van der Waals surface area (Å²) in [5.74, 6) is -1.50. The number of carboxylic acid groups (broad SMARTS) is 1. The standard InChI is InChI=1S/C28H26F4N4O2/c1-15-6-11-21(29)20(12-15)23-13-22-24(36(23)14-17-7-9-19(10-8-17)28(30,31)32)25(35-26(34-22)27(37)38)33-16(2)18-4-3-5-18/h6-13,16,18H,3-5,14H2,1-2H3,(H,37,38)(H,33,34,35). The molecule has 2 aromatic carbocycles. The second kappa shape index (κ2) is 9.74. The van der Waals surface area contributed by atoms with Gasteiger partial charge in [-0.1, -0.05) is 30.2 Å². The maximum atomic E-state index is 15.1. The summed E-state index contributed by atoms with van der Waals surface area (Å²) in [6, 6.07) is 11.0. The number of aryl methyl sites for hydroxylation is 1. The highest BCUT2D eigenvalue weighted by Gasteiger charge is 2.30. The van der Waals surface area contributed by atoms with E-state index < -0.39 is 29.4 Å². The van der Waals surface area contributed by atoms with Crippen molar-refractivity contribution in [3.8, 4) is 11.3 Å². The highest BCUT2D eigenvalue weighted by molar-refractivity contribution is 5.95. The van der Waals surface area contributed by atoms with Crippen LogP contribution in [0.4, 0.5) is 23.4 Å². The van der Waals surface area contributed by atoms with Crippen molar-refractivity contribution in [3.63, 3.8) is 0 Å². The summed E-state index contributed by atoms with van der Waals surface area (Å²) in [5.41, 5.74) is 2.02. The minimum atomic E-state index is -4.47. The van der Waals surface area contributed by atoms with Gasteiger partial charge in [-0.05, 0) is 68.5 Å². The van der Waals surface area contributed by atoms with Crippen molar-refractivity contribution in [2.24, 2.45) is 5.92 Å². The third-order valence-corrected chi connectivity index (χ3v) is 7.18. The van der Waals surface area contributed by atoms with Crippen molar-refractivity contribution in [1.82, 2.24) is 14.5 Å². The summed E-state index contributed by atoms with van der Waals surface area (Å²) in [7, 11) is 0. The molecule has 0 spiro atoms. The summed E-state index contributed by atoms with van der Waals surface area (Å²) < 4.78 is 56.2. The van der Waals surface area contributed by atoms with Crippen molar-refractivity contribution in [1.29, 1.82) is 0 Å². The molecule has 0 saturated heterocycles. The quantitative estimate of drug-likeness (QED) is 0.256. The van der Waals surface area contributed by atoms with Gasteiger partial charge < -0.3 is 15.0 Å². The van der Waals surface area contributed by atoms with Crippen LogP contribution in [0.1, 0.15) is 53.5 Å². The molecule has 4 aromatic rings. The molecule has 5 rings (SSSR count). The van der Waals surface area contributed by atoms with Crippen molar-refractivity contribution in [2.45, 2.75) is 51.9 Å². The van der Waals surface area contributed by atoms with E-state index in [0.29, 0.717) is 28.2 Å². The molecular formula is C28H26F4N4O2. The highest BCUT2D eigenvalue weighted by Crippen LogP contribution is 2.36. The first-order chi connectivity index (χ1) is 18.0. The van der Waals surface area contributed by atoms with Gasteiger partial charge >= 0.3 is 12.1 Å². The van der Waals surface area contributed by atoms with E-state index in [1.54, 1.807) is 22.8 Å². The van der Waals surface area contributed by atoms with Gasteiger partial charge in [0.05, 0.1) is 16.8 Å². The number of nitrogens with one attached hydrogen (secondary N) is 1. The predicted molar refractivity (Wildman–Crippen MR) is 136 cm³/mol. The van der Waals surface area contributed by atoms with Crippen LogP contribution in [0.15, 0.2) is 48.5 Å². The highest BCUT2D eigenvalue weighted by atomic mass is 19.4. The number of hydrogen-bond donors (Lipinski definition) is 2. The number of anilines is 1. The topological polar surface area (TPSA) is 80.0 Å². The molecule has 2 aromatic heterocycles. The minimum Gasteiger partial charge on any atom is -0.475 e. The number of carbonyl (C=O) groups is 1. The van der Waals surface area contributed by atoms with Crippen LogP contribution in [0.2, 0.25) is 0 Å². The van der Waals surface area contributed by atoms with E-state index in [-0.39, 0.29) is 24.0 Å². The van der Waals surface area contributed by atoms with E-state index >= 15 is 4.39 Å². The fourth-order valence-electron chi connectivity index (χ4n) is 4.84. The first kappa shape index (κ1) is 25.7. The molecule has 1 unspecified atom stereocenters. The van der Waals surface area contributed by atoms with Crippen LogP contribution in [0.5, 0.6) is 0 Å². The third kappa shape index (κ3) is 4.94. The summed E-state index contributed by atoms with van der Waals surface area (Å²) in [6.45, 7) is 3.91. The normalized spacial score (nSPS) is 14.9. The van der Waals surface area contributed by atoms with Crippen LogP contribution in [-0.2, 0) is 12.7 Å². The zero-order valence-electron chi connectivity index (χ0n) is 20.8. The molecule has 198 valence electrons. The summed E-state index contributed by atoms with van der Waals surface area (Å²) in [6.07, 6.45) is -1.26. The predicted octanol–water partition coefficient (Wildman–Crippen LogP) is 6.91. The molecule has 0 amide bonds. The SMILES string of the molecule is Cc1ccc(F)c(-c2cc3nc(C(=O)O)nc(NC(C)C4CCC4)c3n2Cc2ccc(C(F)(F)F)cc2)c1. The van der Waals surface area contributed by atoms with Crippen LogP contribution >= 0.6 is 0 Å². The van der Waals surface area contributed by atoms with Gasteiger partial charge in [0, 0.05) is 18.2 Å². The average molecular weight is 527 g/mol. The number of hydrogen-bond acceptors (Lipinski definition) is 4. The first-order valence-corrected chi connectivity index (χ1v) is 12.3. The maximum Gasteiger partial charge on any atom is 0.416 e. The van der Waals surface area contributed by atoms with Gasteiger partial charge in [0.2, 0.25) is 5.82 Å². The molecule has 10 heteroatoms. The lowest BCUT2D eigenvalue weighted by Gasteiger charge is -2.32. The first-order valence-electron chi connectivity index (χ1n) is 12.3. The Morgan fingerprint density at radius 3 is 2.45 bits per heavy atom. The number of aromatic nitrogens is 3. The molecule has 1 saturated carbocycles. The lowest BCUT2D eigenvalue weighted by Crippen LogP contribution is -2.31. The van der Waals surface area contributed by atoms with Gasteiger partial charge in [-0.15, -0.1) is 0 Å². The number of nitrogens with zero attached hydrogens (tertiary/aromatic N) is 3. The zero-order valence-corrected chi connectivity index (χ0v) is 20.8. The largest absolute Gasteiger partial charge is 0.475 e. The second-order valence-electron chi connectivity index (χ2n) is 9.85. The molecule has 38 heavy (non-hydrogen) atoms. The Labute approximate surface area is 216 Å². The van der Waals surface area contributed by atoms with Crippen molar-refractivity contribution >= 4 is 22.8 Å². The summed E-state index contributed by atoms with van der Waals surface area (Å²) in [4.78, 5) is 20.4. The monoisotopic (exact) mass is 526 g/mol. The Hall–Kier alpha value is -3.95. The number of aromatic carboxylic acids is 1. The fourth-order valence-corrected chi connectivity index (χ4v) is 4.84. The number of fused-ring (bicyclic) bond motifs is 1. The van der Waals surface area contributed by atoms with Crippen LogP contribution < -0.4 is 5.32 Å². The number of benzene rings is 2. The van der Waals surface area contributed by atoms with E-state index in [4.69, 9.17) is 0 Å². The minimum absolute atomic E-state index is 0.00271. The van der Waals surface area contributed by atoms with E-state index in [1.165, 1.54) is 18.2 Å². The Kier molecular flexibility index (Phi) is 6.58. The van der Waals surface area contributed by atoms with Crippen LogP contribution in [-0.4, -0.2) is 31.7 Å². The van der Waals surface area contributed by atoms with Gasteiger partial charge in [0.15, 0.2) is 5.82 Å². The molecule has 1 aliphatic rings. The second-order valence-corrected chi connectivity index (χ2v) is 9.85. The zero-order chi connectivity index (χ0) is 27.2. The number of halogens is 4. The summed E-state index contributed by atoms with van der Waals surface area (Å²) in [5, 5.41) is 13.0. The van der Waals surface area contributed by atoms with Crippen LogP contribution in [0.3, 0.4) is 0 Å². The molecular weight excluding hydrogens is 500 g/mol. The lowest BCUT2D eigenvalue weighted by atomic mass is 9.80. The Balaban J connectivity index is 1.71. The average Bonchev–Trinajstić information content (AvgIpc) is 3.17. The van der Waals surface area contributed by atoms with E-state index in [1.807, 2.05) is 13.8 Å². The molecule has 2 N–H and O–H groups in total. The third-order valence-electron chi connectivity index (χ3n) is 7.18. The van der Waals surface area contributed by atoms with Crippen molar-refractivity contribution in [2.75, 3.05) is 5.32 Å². The van der Waals surface area contributed by atoms with Crippen molar-refractivity contribution in [3.05, 3.63) is 76.9 Å². The van der Waals surface area contributed by atoms with Gasteiger partial charge in [-0.3, -0.25) is 0 Å². The van der Waals surface area contributed by atoms with Crippen LogP contribution in [0, 0.1) is 18.7 Å². The molecule has 0 radical (unpaired) electrons. The Bertz CT molecular complexity index is 1510. The molecule has 0 aliphatic heterocycles. The molecule has 6 nitrogen and oxygen atoms in total. The molecule has 0 bridgehead atoms. The van der Waals surface area contributed by atoms with Gasteiger partial charge in [-0.25, -0.2) is 19.2 Å². The fraction of sp³-hybridized carbons (Fsp3) is 0.321. The summed E-state index contributed by atoms with van der Waals surface area (Å²) >= 11 is 0. The molecule has 2 heterocycles. The molecule has 1 atom stereocenters. The lowest BCUT2D eigenvalue weighted by molar-refractivity contribution is -0.137. The van der Waals surface area contributed by atoms with E-state index in [0.717, 1.165) is 37.0 Å². The Morgan fingerprint density at radius 1 is 1.13 bits per heavy atom. The maximum absolute atomic E-state index is 15.1. The van der Waals surface area contributed by atoms with E-state index in [9.17, 15) is 23.1 Å². The number of rotatable bonds is 7. The van der Waals surface area contributed by atoms with Gasteiger partial charge in [0.25, 0.3) is 0 Å². The van der Waals surface area contributed by atoms with E-state index in [2.05, 4.69) is 15.3 Å².